The van der Waals surface area contributed by atoms with E-state index in [-0.39, 0.29) is 100 Å². The summed E-state index contributed by atoms with van der Waals surface area (Å²) in [5.74, 6) is -1.11. The van der Waals surface area contributed by atoms with Crippen LogP contribution in [0.3, 0.4) is 0 Å². The van der Waals surface area contributed by atoms with Crippen LogP contribution in [0.5, 0.6) is 0 Å². The highest BCUT2D eigenvalue weighted by molar-refractivity contribution is 7.78. The van der Waals surface area contributed by atoms with Crippen molar-refractivity contribution in [1.29, 1.82) is 5.26 Å². The van der Waals surface area contributed by atoms with Gasteiger partial charge >= 0.3 is 11.9 Å². The molecule has 82 heavy (non-hydrogen) atoms. The lowest BCUT2D eigenvalue weighted by Gasteiger charge is -2.37. The van der Waals surface area contributed by atoms with Gasteiger partial charge < -0.3 is 71.8 Å². The van der Waals surface area contributed by atoms with Gasteiger partial charge in [-0.15, -0.1) is 0 Å². The molecule has 0 saturated heterocycles. The van der Waals surface area contributed by atoms with E-state index in [4.69, 9.17) is 74.3 Å². The highest BCUT2D eigenvalue weighted by Gasteiger charge is 2.30. The predicted molar refractivity (Wildman–Crippen MR) is 330 cm³/mol. The zero-order valence-electron chi connectivity index (χ0n) is 51.8. The van der Waals surface area contributed by atoms with Crippen molar-refractivity contribution in [3.63, 3.8) is 0 Å². The van der Waals surface area contributed by atoms with Crippen LogP contribution < -0.4 is 27.8 Å². The Bertz CT molecular complexity index is 1590. The molecule has 5 unspecified atom stereocenters. The van der Waals surface area contributed by atoms with Gasteiger partial charge in [0.25, 0.3) is 8.53 Å². The van der Waals surface area contributed by atoms with Crippen molar-refractivity contribution in [3.8, 4) is 6.07 Å². The van der Waals surface area contributed by atoms with Crippen molar-refractivity contribution in [2.75, 3.05) is 52.5 Å². The number of carbonyl (C=O) groups excluding carboxylic acids is 5. The maximum Gasteiger partial charge on any atom is 0.303 e. The van der Waals surface area contributed by atoms with Gasteiger partial charge in [-0.3, -0.25) is 33.6 Å². The third kappa shape index (κ3) is 69.1. The van der Waals surface area contributed by atoms with Crippen molar-refractivity contribution in [2.45, 2.75) is 250 Å². The van der Waals surface area contributed by atoms with Gasteiger partial charge in [0.1, 0.15) is 24.0 Å². The van der Waals surface area contributed by atoms with E-state index in [9.17, 15) is 38.7 Å². The molecule has 27 heteroatoms. The van der Waals surface area contributed by atoms with Crippen molar-refractivity contribution in [3.05, 3.63) is 11.4 Å². The van der Waals surface area contributed by atoms with Crippen molar-refractivity contribution >= 4 is 68.5 Å². The Morgan fingerprint density at radius 2 is 0.951 bits per heavy atom. The van der Waals surface area contributed by atoms with Crippen LogP contribution in [0.2, 0.25) is 0 Å². The van der Waals surface area contributed by atoms with E-state index in [1.165, 1.54) is 0 Å². The number of aliphatic carboxylic acids is 2. The second-order valence-electron chi connectivity index (χ2n) is 18.6. The molecule has 0 radical (unpaired) electrons. The number of hydrogen-bond donors (Lipinski definition) is 10. The van der Waals surface area contributed by atoms with Gasteiger partial charge in [0.05, 0.1) is 43.5 Å². The topological polar surface area (TPSA) is 385 Å². The number of aliphatic hydroxyl groups is 3. The molecule has 0 rings (SSSR count). The minimum absolute atomic E-state index is 0. The molecular weight excluding hydrogens is 1120 g/mol. The predicted octanol–water partition coefficient (Wildman–Crippen LogP) is 8.00. The summed E-state index contributed by atoms with van der Waals surface area (Å²) in [5.41, 5.74) is 15.0. The molecule has 0 fully saturated rings. The zero-order valence-corrected chi connectivity index (χ0v) is 54.3. The molecule has 0 aliphatic heterocycles. The highest BCUT2D eigenvalue weighted by Crippen LogP contribution is 2.49. The molecule has 0 aromatic heterocycles. The summed E-state index contributed by atoms with van der Waals surface area (Å²) in [5, 5.41) is 55.9. The molecule has 0 aliphatic carbocycles. The molecule has 0 bridgehead atoms. The van der Waals surface area contributed by atoms with Gasteiger partial charge in [-0.05, 0) is 85.9 Å². The monoisotopic (exact) mass is 1240 g/mol. The van der Waals surface area contributed by atoms with Crippen LogP contribution in [-0.2, 0) is 47.1 Å². The molecule has 0 saturated carbocycles. The van der Waals surface area contributed by atoms with Gasteiger partial charge in [0.2, 0.25) is 26.0 Å². The van der Waals surface area contributed by atoms with Gasteiger partial charge in [-0.25, -0.2) is 15.9 Å². The number of amides is 2. The molecule has 5 atom stereocenters. The first-order valence-electron chi connectivity index (χ1n) is 28.0. The normalized spacial score (nSPS) is 12.1. The Morgan fingerprint density at radius 1 is 0.585 bits per heavy atom. The Hall–Kier alpha value is -3.42. The van der Waals surface area contributed by atoms with E-state index in [2.05, 4.69) is 80.2 Å². The number of aliphatic hydroxyl groups excluding tert-OH is 3. The second-order valence-corrected chi connectivity index (χ2v) is 22.0. The summed E-state index contributed by atoms with van der Waals surface area (Å²) in [6, 6.07) is 3.15. The number of nitriles is 1. The van der Waals surface area contributed by atoms with Crippen LogP contribution in [-0.4, -0.2) is 177 Å². The average molecular weight is 1240 g/mol. The standard InChI is InChI=1S/C19H36N3O4P.C10H19NO3.C9H18ClN2OP.C7H15NO2.C3H10N2O.2C3H6O2.CH4/c1-8-17(23)10-11-18(14-21-19(24)9-2)26-27(25-13-12-20-7)22(15(3)4)16(5)6;1-3-8(12)5-6-9(13)7-11-10(14)4-2;1-8(2)12(9(3)4)14(10)13-7-5-6-11;1-2-6(9)3-4-7(10)5-8;4-1-3(6)2-5;2*1-2-3(4)5;/h15-16,18H,8-14H2,1-6H3,(H,21,24);9,13H,3-7H2,1-2H3,(H,11,14);8-9H,5,7H2,1-4H3;7,10H,2-5,8H2,1H3;3,6H,1-2,4-5H2;2*2H2,1H3,(H,4,5);1H4. The quantitative estimate of drug-likeness (QED) is 0.0160. The lowest BCUT2D eigenvalue weighted by Crippen LogP contribution is -2.37. The number of rotatable bonds is 37. The number of nitrogens with two attached hydrogens (primary N) is 3. The smallest absolute Gasteiger partial charge is 0.303 e. The SMILES string of the molecule is C.CC(C)N(C(C)C)P(Cl)OCCC#N.CCC(=O)CCC(O)CN.CCC(=O)CCC(O)CNC(=O)CC.CCC(=O)O.CCC(=O)O.NCC(O)CN.[C-]#[N+]CCOP(OC(CCC(=O)CC)CNC(=O)CC)N(C(C)C)C(C)C. The number of nitrogens with one attached hydrogen (secondary N) is 2. The fourth-order valence-corrected chi connectivity index (χ4v) is 9.42. The van der Waals surface area contributed by atoms with E-state index >= 15 is 0 Å². The molecule has 0 aromatic rings. The Kier molecular flexibility index (Phi) is 77.2. The van der Waals surface area contributed by atoms with Crippen molar-refractivity contribution in [1.82, 2.24) is 20.0 Å². The number of hydrogen-bond acceptors (Lipinski definition) is 19. The van der Waals surface area contributed by atoms with Crippen LogP contribution >= 0.6 is 27.4 Å². The van der Waals surface area contributed by atoms with Crippen LogP contribution in [0.15, 0.2) is 0 Å². The summed E-state index contributed by atoms with van der Waals surface area (Å²) >= 11 is 6.13. The van der Waals surface area contributed by atoms with Gasteiger partial charge in [0, 0.05) is 121 Å². The van der Waals surface area contributed by atoms with Gasteiger partial charge in [-0.1, -0.05) is 55.9 Å². The Morgan fingerprint density at radius 3 is 1.26 bits per heavy atom. The maximum atomic E-state index is 11.7. The Labute approximate surface area is 501 Å². The molecule has 0 aliphatic rings. The molecule has 0 aromatic carbocycles. The largest absolute Gasteiger partial charge is 0.481 e. The van der Waals surface area contributed by atoms with Crippen LogP contribution in [0.4, 0.5) is 0 Å². The molecule has 13 N–H and O–H groups in total. The van der Waals surface area contributed by atoms with E-state index < -0.39 is 46.4 Å². The first-order chi connectivity index (χ1) is 37.9. The highest BCUT2D eigenvalue weighted by atomic mass is 35.7. The zero-order chi connectivity index (χ0) is 64.5. The van der Waals surface area contributed by atoms with Crippen LogP contribution in [0, 0.1) is 17.9 Å². The number of carboxylic acid groups (broad SMARTS) is 2. The minimum Gasteiger partial charge on any atom is -0.481 e. The lowest BCUT2D eigenvalue weighted by molar-refractivity contribution is -0.137. The molecule has 0 spiro atoms. The fourth-order valence-electron chi connectivity index (χ4n) is 5.33. The third-order valence-corrected chi connectivity index (χ3v) is 14.8. The second kappa shape index (κ2) is 66.7. The average Bonchev–Trinajstić information content (AvgIpc) is 3.43. The molecule has 24 nitrogen and oxygen atoms in total. The van der Waals surface area contributed by atoms with Crippen molar-refractivity contribution in [2.24, 2.45) is 17.2 Å². The van der Waals surface area contributed by atoms with Crippen molar-refractivity contribution < 1.29 is 72.7 Å². The molecule has 2 amide bonds. The van der Waals surface area contributed by atoms with E-state index in [1.54, 1.807) is 34.6 Å². The summed E-state index contributed by atoms with van der Waals surface area (Å²) in [6.45, 7) is 38.2. The van der Waals surface area contributed by atoms with E-state index in [0.717, 1.165) is 0 Å². The number of carboxylic acids is 2. The van der Waals surface area contributed by atoms with E-state index in [0.29, 0.717) is 109 Å². The van der Waals surface area contributed by atoms with Gasteiger partial charge in [0.15, 0.2) is 0 Å². The minimum atomic E-state index is -1.40. The summed E-state index contributed by atoms with van der Waals surface area (Å²) in [4.78, 5) is 77.9. The summed E-state index contributed by atoms with van der Waals surface area (Å²) in [6.07, 6.45) is 4.01. The molecule has 486 valence electrons. The van der Waals surface area contributed by atoms with Crippen LogP contribution in [0.1, 0.15) is 201 Å². The van der Waals surface area contributed by atoms with E-state index in [1.807, 2.05) is 19.9 Å². The number of ketones is 3. The lowest BCUT2D eigenvalue weighted by atomic mass is 10.1. The number of Topliss-reactive ketones (excluding diaryl/α,β-unsaturated/α-hetero) is 3. The van der Waals surface area contributed by atoms with Crippen LogP contribution in [0.25, 0.3) is 4.85 Å². The summed E-state index contributed by atoms with van der Waals surface area (Å²) in [7, 11) is -2.48. The summed E-state index contributed by atoms with van der Waals surface area (Å²) < 4.78 is 21.9. The first-order valence-corrected chi connectivity index (χ1v) is 31.3. The molecule has 0 heterocycles. The fraction of sp³-hybridized carbons (Fsp3) is 0.836. The number of nitrogens with zero attached hydrogens (tertiary/aromatic N) is 4. The number of halogens is 1. The molecular formula is C55H114ClN9O15P2. The number of carbonyl (C=O) groups is 7. The Balaban J connectivity index is -0.000000142. The first kappa shape index (κ1) is 94.9. The third-order valence-electron chi connectivity index (χ3n) is 10.1. The maximum absolute atomic E-state index is 11.7. The van der Waals surface area contributed by atoms with Gasteiger partial charge in [-0.2, -0.15) is 5.26 Å².